The third kappa shape index (κ3) is 4.30. The topological polar surface area (TPSA) is 72.7 Å². The first-order valence-corrected chi connectivity index (χ1v) is 8.53. The Hall–Kier alpha value is -1.41. The minimum absolute atomic E-state index is 0.0844. The summed E-state index contributed by atoms with van der Waals surface area (Å²) in [5, 5.41) is 15.2. The monoisotopic (exact) mass is 383 g/mol. The fourth-order valence-electron chi connectivity index (χ4n) is 1.77. The number of thioether (sulfide) groups is 1. The number of hydrogen-bond acceptors (Lipinski definition) is 5. The van der Waals surface area contributed by atoms with Gasteiger partial charge in [0, 0.05) is 10.2 Å². The molecular weight excluding hydrogens is 366 g/mol. The molecule has 2 rings (SSSR count). The lowest BCUT2D eigenvalue weighted by Gasteiger charge is -2.19. The van der Waals surface area contributed by atoms with Gasteiger partial charge in [-0.3, -0.25) is 4.79 Å². The third-order valence-corrected chi connectivity index (χ3v) is 4.28. The number of benzene rings is 1. The summed E-state index contributed by atoms with van der Waals surface area (Å²) in [5.41, 5.74) is 1.60. The van der Waals surface area contributed by atoms with Gasteiger partial charge in [0.1, 0.15) is 0 Å². The second-order valence-corrected chi connectivity index (χ2v) is 7.70. The number of hydrogen-bond donors (Lipinski definition) is 1. The van der Waals surface area contributed by atoms with E-state index in [1.807, 2.05) is 45.9 Å². The predicted molar refractivity (Wildman–Crippen MR) is 91.0 cm³/mol. The number of rotatable bonds is 4. The SMILES string of the molecule is Cc1cc(Br)ccc1NC(=O)CSc1nnnn1C(C)(C)C. The highest BCUT2D eigenvalue weighted by Crippen LogP contribution is 2.23. The Bertz CT molecular complexity index is 680. The van der Waals surface area contributed by atoms with Crippen LogP contribution in [0.3, 0.4) is 0 Å². The number of aromatic nitrogens is 4. The predicted octanol–water partition coefficient (Wildman–Crippen LogP) is 3.23. The zero-order valence-corrected chi connectivity index (χ0v) is 15.3. The van der Waals surface area contributed by atoms with Crippen molar-refractivity contribution in [3.63, 3.8) is 0 Å². The van der Waals surface area contributed by atoms with Crippen molar-refractivity contribution < 1.29 is 4.79 Å². The fraction of sp³-hybridized carbons (Fsp3) is 0.429. The molecule has 0 saturated heterocycles. The summed E-state index contributed by atoms with van der Waals surface area (Å²) < 4.78 is 2.71. The number of carbonyl (C=O) groups is 1. The van der Waals surface area contributed by atoms with Crippen LogP contribution in [0, 0.1) is 6.92 Å². The van der Waals surface area contributed by atoms with Crippen LogP contribution in [0.25, 0.3) is 0 Å². The second-order valence-electron chi connectivity index (χ2n) is 5.84. The number of tetrazole rings is 1. The van der Waals surface area contributed by atoms with Crippen LogP contribution in [0.15, 0.2) is 27.8 Å². The van der Waals surface area contributed by atoms with Gasteiger partial charge in [0.05, 0.1) is 11.3 Å². The van der Waals surface area contributed by atoms with Crippen molar-refractivity contribution >= 4 is 39.3 Å². The lowest BCUT2D eigenvalue weighted by Crippen LogP contribution is -2.24. The summed E-state index contributed by atoms with van der Waals surface area (Å²) in [6.45, 7) is 7.99. The molecule has 1 amide bonds. The van der Waals surface area contributed by atoms with Crippen molar-refractivity contribution in [2.24, 2.45) is 0 Å². The summed E-state index contributed by atoms with van der Waals surface area (Å²) in [4.78, 5) is 12.1. The molecule has 1 N–H and O–H groups in total. The van der Waals surface area contributed by atoms with Gasteiger partial charge in [-0.2, -0.15) is 0 Å². The number of nitrogens with zero attached hydrogens (tertiary/aromatic N) is 4. The van der Waals surface area contributed by atoms with Crippen LogP contribution < -0.4 is 5.32 Å². The Kier molecular flexibility index (Phi) is 5.23. The number of anilines is 1. The lowest BCUT2D eigenvalue weighted by molar-refractivity contribution is -0.113. The van der Waals surface area contributed by atoms with Crippen LogP contribution >= 0.6 is 27.7 Å². The second kappa shape index (κ2) is 6.78. The van der Waals surface area contributed by atoms with Crippen LogP contribution in [-0.2, 0) is 10.3 Å². The molecule has 0 bridgehead atoms. The molecule has 118 valence electrons. The summed E-state index contributed by atoms with van der Waals surface area (Å²) in [5.74, 6) is 0.172. The molecule has 0 saturated carbocycles. The molecule has 2 aromatic rings. The van der Waals surface area contributed by atoms with E-state index in [0.29, 0.717) is 5.16 Å². The van der Waals surface area contributed by atoms with E-state index in [-0.39, 0.29) is 17.2 Å². The van der Waals surface area contributed by atoms with Crippen molar-refractivity contribution in [3.8, 4) is 0 Å². The van der Waals surface area contributed by atoms with Crippen LogP contribution in [-0.4, -0.2) is 31.9 Å². The molecule has 0 aliphatic heterocycles. The minimum atomic E-state index is -0.218. The number of aryl methyl sites for hydroxylation is 1. The molecule has 0 spiro atoms. The largest absolute Gasteiger partial charge is 0.325 e. The molecule has 6 nitrogen and oxygen atoms in total. The molecule has 1 aromatic carbocycles. The van der Waals surface area contributed by atoms with Crippen molar-refractivity contribution in [1.82, 2.24) is 20.2 Å². The van der Waals surface area contributed by atoms with Gasteiger partial charge in [-0.05, 0) is 61.9 Å². The molecule has 0 aliphatic rings. The summed E-state index contributed by atoms with van der Waals surface area (Å²) in [6.07, 6.45) is 0. The molecule has 8 heteroatoms. The minimum Gasteiger partial charge on any atom is -0.325 e. The van der Waals surface area contributed by atoms with Gasteiger partial charge >= 0.3 is 0 Å². The summed E-state index contributed by atoms with van der Waals surface area (Å²) >= 11 is 4.73. The highest BCUT2D eigenvalue weighted by molar-refractivity contribution is 9.10. The molecule has 0 fully saturated rings. The number of carbonyl (C=O) groups excluding carboxylic acids is 1. The molecule has 1 heterocycles. The molecule has 0 atom stereocenters. The molecule has 0 unspecified atom stereocenters. The maximum atomic E-state index is 12.1. The van der Waals surface area contributed by atoms with Crippen LogP contribution in [0.4, 0.5) is 5.69 Å². The van der Waals surface area contributed by atoms with Gasteiger partial charge in [0.25, 0.3) is 0 Å². The third-order valence-electron chi connectivity index (χ3n) is 2.87. The molecule has 0 aliphatic carbocycles. The van der Waals surface area contributed by atoms with Crippen LogP contribution in [0.2, 0.25) is 0 Å². The van der Waals surface area contributed by atoms with Crippen molar-refractivity contribution in [3.05, 3.63) is 28.2 Å². The smallest absolute Gasteiger partial charge is 0.234 e. The van der Waals surface area contributed by atoms with E-state index in [2.05, 4.69) is 36.8 Å². The Morgan fingerprint density at radius 1 is 1.41 bits per heavy atom. The Morgan fingerprint density at radius 2 is 2.14 bits per heavy atom. The van der Waals surface area contributed by atoms with E-state index in [0.717, 1.165) is 15.7 Å². The van der Waals surface area contributed by atoms with Gasteiger partial charge < -0.3 is 5.32 Å². The molecule has 22 heavy (non-hydrogen) atoms. The maximum absolute atomic E-state index is 12.1. The average Bonchev–Trinajstić information content (AvgIpc) is 2.88. The zero-order valence-electron chi connectivity index (χ0n) is 12.9. The number of nitrogens with one attached hydrogen (secondary N) is 1. The van der Waals surface area contributed by atoms with Gasteiger partial charge in [-0.25, -0.2) is 4.68 Å². The standard InChI is InChI=1S/C14H18BrN5OS/c1-9-7-10(15)5-6-11(9)16-12(21)8-22-13-17-18-19-20(13)14(2,3)4/h5-7H,8H2,1-4H3,(H,16,21). The first-order valence-electron chi connectivity index (χ1n) is 6.75. The Morgan fingerprint density at radius 3 is 2.77 bits per heavy atom. The first-order chi connectivity index (χ1) is 10.3. The summed E-state index contributed by atoms with van der Waals surface area (Å²) in [6, 6.07) is 5.74. The van der Waals surface area contributed by atoms with E-state index in [4.69, 9.17) is 0 Å². The normalized spacial score (nSPS) is 11.5. The highest BCUT2D eigenvalue weighted by Gasteiger charge is 2.20. The zero-order chi connectivity index (χ0) is 16.3. The van der Waals surface area contributed by atoms with Gasteiger partial charge in [0.2, 0.25) is 11.1 Å². The first kappa shape index (κ1) is 17.0. The van der Waals surface area contributed by atoms with E-state index >= 15 is 0 Å². The van der Waals surface area contributed by atoms with Crippen molar-refractivity contribution in [2.75, 3.05) is 11.1 Å². The molecular formula is C14H18BrN5OS. The average molecular weight is 384 g/mol. The van der Waals surface area contributed by atoms with E-state index in [1.165, 1.54) is 11.8 Å². The van der Waals surface area contributed by atoms with E-state index in [1.54, 1.807) is 4.68 Å². The van der Waals surface area contributed by atoms with Gasteiger partial charge in [-0.1, -0.05) is 27.7 Å². The maximum Gasteiger partial charge on any atom is 0.234 e. The van der Waals surface area contributed by atoms with E-state index in [9.17, 15) is 4.79 Å². The number of halogens is 1. The van der Waals surface area contributed by atoms with Crippen LogP contribution in [0.1, 0.15) is 26.3 Å². The quantitative estimate of drug-likeness (QED) is 0.820. The molecule has 1 aromatic heterocycles. The lowest BCUT2D eigenvalue weighted by atomic mass is 10.1. The Balaban J connectivity index is 1.98. The van der Waals surface area contributed by atoms with Crippen LogP contribution in [0.5, 0.6) is 0 Å². The van der Waals surface area contributed by atoms with Gasteiger partial charge in [-0.15, -0.1) is 5.10 Å². The fourth-order valence-corrected chi connectivity index (χ4v) is 3.11. The summed E-state index contributed by atoms with van der Waals surface area (Å²) in [7, 11) is 0. The van der Waals surface area contributed by atoms with Gasteiger partial charge in [0.15, 0.2) is 0 Å². The van der Waals surface area contributed by atoms with Crippen molar-refractivity contribution in [2.45, 2.75) is 38.4 Å². The number of amides is 1. The Labute approximate surface area is 142 Å². The highest BCUT2D eigenvalue weighted by atomic mass is 79.9. The molecule has 0 radical (unpaired) electrons. The van der Waals surface area contributed by atoms with Crippen molar-refractivity contribution in [1.29, 1.82) is 0 Å². The van der Waals surface area contributed by atoms with E-state index < -0.39 is 0 Å².